The topological polar surface area (TPSA) is 204 Å². The zero-order chi connectivity index (χ0) is 20.2. The molecule has 0 aliphatic rings. The van der Waals surface area contributed by atoms with E-state index in [2.05, 4.69) is 19.7 Å². The molecule has 0 aromatic carbocycles. The second-order valence-electron chi connectivity index (χ2n) is 3.94. The average molecular weight is 454 g/mol. The van der Waals surface area contributed by atoms with E-state index < -0.39 is 23.3 Å². The van der Waals surface area contributed by atoms with Gasteiger partial charge in [0.05, 0.1) is 25.8 Å². The van der Waals surface area contributed by atoms with Crippen LogP contribution < -0.4 is 5.11 Å². The van der Waals surface area contributed by atoms with Crippen molar-refractivity contribution in [1.82, 2.24) is 0 Å². The summed E-state index contributed by atoms with van der Waals surface area (Å²) in [7, 11) is 0. The molecule has 26 heavy (non-hydrogen) atoms. The van der Waals surface area contributed by atoms with Gasteiger partial charge in [0.15, 0.2) is 0 Å². The largest absolute Gasteiger partial charge is 3.00 e. The van der Waals surface area contributed by atoms with Crippen LogP contribution in [0.15, 0.2) is 38.0 Å². The molecule has 0 saturated carbocycles. The van der Waals surface area contributed by atoms with Crippen molar-refractivity contribution in [2.45, 2.75) is 13.3 Å². The summed E-state index contributed by atoms with van der Waals surface area (Å²) in [5, 5.41) is 50.3. The van der Waals surface area contributed by atoms with E-state index in [9.17, 15) is 9.59 Å². The Hall–Kier alpha value is -1.43. The van der Waals surface area contributed by atoms with Crippen molar-refractivity contribution < 1.29 is 83.2 Å². The van der Waals surface area contributed by atoms with Crippen molar-refractivity contribution in [1.29, 1.82) is 0 Å². The first kappa shape index (κ1) is 39.6. The van der Waals surface area contributed by atoms with Gasteiger partial charge in [-0.25, -0.2) is 9.59 Å². The molecule has 0 aliphatic carbocycles. The number of carboxylic acid groups (broad SMARTS) is 3. The van der Waals surface area contributed by atoms with Gasteiger partial charge in [-0.2, -0.15) is 0 Å². The number of aliphatic hydroxyl groups excluding tert-OH is 3. The monoisotopic (exact) mass is 454 g/mol. The van der Waals surface area contributed by atoms with Gasteiger partial charge >= 0.3 is 44.6 Å². The minimum Gasteiger partial charge on any atom is -2.00 e. The van der Waals surface area contributed by atoms with Gasteiger partial charge in [0.25, 0.3) is 0 Å². The van der Waals surface area contributed by atoms with Crippen LogP contribution in [-0.2, 0) is 52.6 Å². The van der Waals surface area contributed by atoms with E-state index in [-0.39, 0.29) is 58.0 Å². The summed E-state index contributed by atoms with van der Waals surface area (Å²) < 4.78 is 0. The van der Waals surface area contributed by atoms with Crippen LogP contribution in [-0.4, -0.2) is 63.3 Å². The van der Waals surface area contributed by atoms with Crippen LogP contribution in [0.5, 0.6) is 0 Å². The van der Waals surface area contributed by atoms with Crippen LogP contribution >= 0.6 is 0 Å². The molecule has 0 rings (SSSR count). The molecule has 0 aromatic rings. The van der Waals surface area contributed by atoms with Gasteiger partial charge in [-0.05, 0) is 12.5 Å². The minimum atomic E-state index is -1.23. The Bertz CT molecular complexity index is 332. The molecule has 0 amide bonds. The molecule has 11 heteroatoms. The Balaban J connectivity index is -0.0000000521. The third-order valence-electron chi connectivity index (χ3n) is 2.27. The third-order valence-corrected chi connectivity index (χ3v) is 2.27. The first-order valence-corrected chi connectivity index (χ1v) is 6.42. The van der Waals surface area contributed by atoms with E-state index in [0.29, 0.717) is 6.42 Å². The Morgan fingerprint density at radius 2 is 1.08 bits per heavy atom. The van der Waals surface area contributed by atoms with E-state index >= 15 is 0 Å². The number of carbonyl (C=O) groups excluding carboxylic acids is 1. The predicted molar refractivity (Wildman–Crippen MR) is 85.5 cm³/mol. The fourth-order valence-electron chi connectivity index (χ4n) is 0.485. The Kier molecular flexibility index (Phi) is 43.2. The third kappa shape index (κ3) is 38.2. The van der Waals surface area contributed by atoms with Gasteiger partial charge in [0.2, 0.25) is 0 Å². The van der Waals surface area contributed by atoms with Gasteiger partial charge in [0, 0.05) is 17.6 Å². The number of aliphatic carboxylic acids is 3. The number of hydrogen-bond acceptors (Lipinski definition) is 7. The number of carbonyl (C=O) groups is 3. The van der Waals surface area contributed by atoms with Crippen LogP contribution in [0.4, 0.5) is 0 Å². The SMILES string of the molecule is C=CC(=O)O.C=CC(=O)O.C=CC(=O)[O-].CCC(CO)(CO)CO.[O-2].[Y+3]. The molecule has 0 radical (unpaired) electrons. The fourth-order valence-corrected chi connectivity index (χ4v) is 0.485. The minimum absolute atomic E-state index is 0. The van der Waals surface area contributed by atoms with Crippen LogP contribution in [0.1, 0.15) is 13.3 Å². The van der Waals surface area contributed by atoms with Crippen LogP contribution in [0.25, 0.3) is 0 Å². The van der Waals surface area contributed by atoms with Gasteiger partial charge in [-0.1, -0.05) is 26.7 Å². The van der Waals surface area contributed by atoms with Gasteiger partial charge in [-0.15, -0.1) is 0 Å². The Morgan fingerprint density at radius 1 is 0.885 bits per heavy atom. The van der Waals surface area contributed by atoms with Gasteiger partial charge < -0.3 is 40.9 Å². The normalized spacial score (nSPS) is 7.85. The molecule has 148 valence electrons. The summed E-state index contributed by atoms with van der Waals surface area (Å²) in [6.45, 7) is 10.2. The summed E-state index contributed by atoms with van der Waals surface area (Å²) in [6.07, 6.45) is 2.98. The second kappa shape index (κ2) is 28.4. The zero-order valence-corrected chi connectivity index (χ0v) is 17.4. The van der Waals surface area contributed by atoms with E-state index in [1.165, 1.54) is 0 Å². The maximum absolute atomic E-state index is 9.25. The molecular weight excluding hydrogens is 429 g/mol. The van der Waals surface area contributed by atoms with Gasteiger partial charge in [0.1, 0.15) is 0 Å². The molecular formula is C15H25O10Y. The molecule has 0 atom stereocenters. The fraction of sp³-hybridized carbons (Fsp3) is 0.400. The van der Waals surface area contributed by atoms with E-state index in [0.717, 1.165) is 18.2 Å². The van der Waals surface area contributed by atoms with Gasteiger partial charge in [-0.3, -0.25) is 0 Å². The van der Waals surface area contributed by atoms with Crippen LogP contribution in [0.2, 0.25) is 0 Å². The maximum atomic E-state index is 9.25. The Morgan fingerprint density at radius 3 is 1.08 bits per heavy atom. The van der Waals surface area contributed by atoms with Crippen molar-refractivity contribution in [3.63, 3.8) is 0 Å². The molecule has 0 saturated heterocycles. The Labute approximate surface area is 177 Å². The zero-order valence-electron chi connectivity index (χ0n) is 14.5. The first-order chi connectivity index (χ1) is 11.1. The molecule has 5 N–H and O–H groups in total. The van der Waals surface area contributed by atoms with Crippen molar-refractivity contribution in [2.24, 2.45) is 5.41 Å². The molecule has 0 aromatic heterocycles. The van der Waals surface area contributed by atoms with Crippen molar-refractivity contribution in [2.75, 3.05) is 19.8 Å². The molecule has 0 heterocycles. The van der Waals surface area contributed by atoms with E-state index in [1.54, 1.807) is 0 Å². The summed E-state index contributed by atoms with van der Waals surface area (Å²) in [5.41, 5.74) is -0.667. The summed E-state index contributed by atoms with van der Waals surface area (Å²) in [4.78, 5) is 27.6. The summed E-state index contributed by atoms with van der Waals surface area (Å²) in [6, 6.07) is 0. The molecule has 0 aliphatic heterocycles. The average Bonchev–Trinajstić information content (AvgIpc) is 2.59. The van der Waals surface area contributed by atoms with Crippen LogP contribution in [0, 0.1) is 5.41 Å². The van der Waals surface area contributed by atoms with Crippen molar-refractivity contribution in [3.05, 3.63) is 38.0 Å². The molecule has 0 unspecified atom stereocenters. The molecule has 0 bridgehead atoms. The predicted octanol–water partition coefficient (Wildman–Crippen LogP) is -1.33. The van der Waals surface area contributed by atoms with E-state index in [1.807, 2.05) is 6.92 Å². The number of rotatable bonds is 7. The molecule has 0 fully saturated rings. The number of aliphatic hydroxyl groups is 3. The molecule has 10 nitrogen and oxygen atoms in total. The maximum Gasteiger partial charge on any atom is 3.00 e. The van der Waals surface area contributed by atoms with E-state index in [4.69, 9.17) is 35.4 Å². The van der Waals surface area contributed by atoms with Crippen LogP contribution in [0.3, 0.4) is 0 Å². The summed E-state index contributed by atoms with van der Waals surface area (Å²) in [5.74, 6) is -3.19. The second-order valence-corrected chi connectivity index (χ2v) is 3.94. The van der Waals surface area contributed by atoms with Crippen molar-refractivity contribution >= 4 is 17.9 Å². The molecule has 0 spiro atoms. The number of carboxylic acids is 3. The smallest absolute Gasteiger partial charge is 2.00 e. The quantitative estimate of drug-likeness (QED) is 0.289. The summed E-state index contributed by atoms with van der Waals surface area (Å²) >= 11 is 0. The van der Waals surface area contributed by atoms with Crippen molar-refractivity contribution in [3.8, 4) is 0 Å². The first-order valence-electron chi connectivity index (χ1n) is 6.42. The standard InChI is InChI=1S/C6H14O3.3C3H4O2.O.Y/c1-2-6(3-7,4-8)5-9;3*1-2-3(4)5;;/h7-9H,2-5H2,1H3;3*2H,1H2,(H,4,5);;/q;;;;-2;+3/p-1. The number of hydrogen-bond donors (Lipinski definition) is 5.